The summed E-state index contributed by atoms with van der Waals surface area (Å²) < 4.78 is 5.31. The molecule has 0 aliphatic carbocycles. The highest BCUT2D eigenvalue weighted by Gasteiger charge is 2.34. The Labute approximate surface area is 198 Å². The van der Waals surface area contributed by atoms with Gasteiger partial charge in [0.1, 0.15) is 11.8 Å². The number of hydrogen-bond acceptors (Lipinski definition) is 5. The maximum absolute atomic E-state index is 13.5. The van der Waals surface area contributed by atoms with E-state index in [-0.39, 0.29) is 11.8 Å². The molecule has 7 nitrogen and oxygen atoms in total. The SMILES string of the molecule is CC(C)(O)C1CCN(C(=O)C(CCn2cccc2C#N)NSc2cccc3[nH]ccc23)CC1. The molecule has 3 heterocycles. The Balaban J connectivity index is 1.46. The van der Waals surface area contributed by atoms with Crippen molar-refractivity contribution in [1.82, 2.24) is 19.2 Å². The molecule has 33 heavy (non-hydrogen) atoms. The van der Waals surface area contributed by atoms with Crippen LogP contribution >= 0.6 is 11.9 Å². The molecular formula is C25H31N5O2S. The van der Waals surface area contributed by atoms with Crippen molar-refractivity contribution in [3.05, 3.63) is 54.5 Å². The molecule has 0 bridgehead atoms. The van der Waals surface area contributed by atoms with Gasteiger partial charge in [-0.15, -0.1) is 0 Å². The Hall–Kier alpha value is -2.73. The van der Waals surface area contributed by atoms with E-state index in [0.717, 1.165) is 28.6 Å². The number of aryl methyl sites for hydroxylation is 1. The van der Waals surface area contributed by atoms with Crippen LogP contribution in [0.5, 0.6) is 0 Å². The number of amides is 1. The molecule has 1 atom stereocenters. The fraction of sp³-hybridized carbons (Fsp3) is 0.440. The number of carbonyl (C=O) groups is 1. The van der Waals surface area contributed by atoms with Crippen LogP contribution in [0, 0.1) is 17.2 Å². The van der Waals surface area contributed by atoms with Crippen LogP contribution in [-0.2, 0) is 11.3 Å². The molecule has 174 valence electrons. The Morgan fingerprint density at radius 2 is 2.09 bits per heavy atom. The van der Waals surface area contributed by atoms with Crippen LogP contribution in [0.15, 0.2) is 53.7 Å². The van der Waals surface area contributed by atoms with Gasteiger partial charge in [-0.05, 0) is 81.3 Å². The van der Waals surface area contributed by atoms with Gasteiger partial charge in [0.05, 0.1) is 11.6 Å². The lowest BCUT2D eigenvalue weighted by atomic mass is 9.83. The highest BCUT2D eigenvalue weighted by molar-refractivity contribution is 7.97. The number of fused-ring (bicyclic) bond motifs is 1. The minimum absolute atomic E-state index is 0.0728. The third-order valence-electron chi connectivity index (χ3n) is 6.57. The lowest BCUT2D eigenvalue weighted by Crippen LogP contribution is -2.50. The van der Waals surface area contributed by atoms with Crippen LogP contribution < -0.4 is 4.72 Å². The fourth-order valence-corrected chi connectivity index (χ4v) is 5.44. The third-order valence-corrected chi connectivity index (χ3v) is 7.55. The number of benzene rings is 1. The summed E-state index contributed by atoms with van der Waals surface area (Å²) in [6, 6.07) is 13.6. The lowest BCUT2D eigenvalue weighted by molar-refractivity contribution is -0.136. The maximum atomic E-state index is 13.5. The van der Waals surface area contributed by atoms with Gasteiger partial charge in [0.15, 0.2) is 0 Å². The Morgan fingerprint density at radius 1 is 1.30 bits per heavy atom. The number of nitriles is 1. The number of piperidine rings is 1. The van der Waals surface area contributed by atoms with Crippen molar-refractivity contribution >= 4 is 28.8 Å². The number of nitrogens with zero attached hydrogens (tertiary/aromatic N) is 3. The molecule has 1 amide bonds. The van der Waals surface area contributed by atoms with E-state index in [1.165, 1.54) is 11.9 Å². The number of aromatic nitrogens is 2. The summed E-state index contributed by atoms with van der Waals surface area (Å²) >= 11 is 1.48. The maximum Gasteiger partial charge on any atom is 0.240 e. The molecule has 3 N–H and O–H groups in total. The van der Waals surface area contributed by atoms with E-state index < -0.39 is 11.6 Å². The minimum atomic E-state index is -0.722. The molecule has 1 fully saturated rings. The average Bonchev–Trinajstić information content (AvgIpc) is 3.47. The topological polar surface area (TPSA) is 97.1 Å². The van der Waals surface area contributed by atoms with Gasteiger partial charge >= 0.3 is 0 Å². The Morgan fingerprint density at radius 3 is 2.82 bits per heavy atom. The summed E-state index contributed by atoms with van der Waals surface area (Å²) in [4.78, 5) is 19.7. The van der Waals surface area contributed by atoms with Gasteiger partial charge in [-0.3, -0.25) is 4.79 Å². The van der Waals surface area contributed by atoms with Crippen LogP contribution in [0.4, 0.5) is 0 Å². The second-order valence-corrected chi connectivity index (χ2v) is 10.1. The van der Waals surface area contributed by atoms with Crippen molar-refractivity contribution in [3.8, 4) is 6.07 Å². The molecule has 8 heteroatoms. The first-order valence-electron chi connectivity index (χ1n) is 11.4. The Bertz CT molecular complexity index is 1130. The molecule has 1 aliphatic heterocycles. The van der Waals surface area contributed by atoms with Crippen LogP contribution in [0.1, 0.15) is 38.8 Å². The molecule has 1 saturated heterocycles. The first-order chi connectivity index (χ1) is 15.9. The zero-order valence-corrected chi connectivity index (χ0v) is 19.9. The van der Waals surface area contributed by atoms with Gasteiger partial charge in [0.25, 0.3) is 0 Å². The number of aromatic amines is 1. The molecule has 1 aliphatic rings. The van der Waals surface area contributed by atoms with Crippen LogP contribution in [0.25, 0.3) is 10.9 Å². The van der Waals surface area contributed by atoms with Crippen molar-refractivity contribution in [2.45, 2.75) is 56.2 Å². The van der Waals surface area contributed by atoms with Crippen LogP contribution in [0.3, 0.4) is 0 Å². The molecule has 1 unspecified atom stereocenters. The predicted octanol–water partition coefficient (Wildman–Crippen LogP) is 3.91. The van der Waals surface area contributed by atoms with Gasteiger partial charge in [0, 0.05) is 47.8 Å². The van der Waals surface area contributed by atoms with Crippen LogP contribution in [0.2, 0.25) is 0 Å². The summed E-state index contributed by atoms with van der Waals surface area (Å²) in [6.45, 7) is 5.57. The van der Waals surface area contributed by atoms with Gasteiger partial charge in [-0.1, -0.05) is 6.07 Å². The van der Waals surface area contributed by atoms with Crippen molar-refractivity contribution in [1.29, 1.82) is 5.26 Å². The van der Waals surface area contributed by atoms with Crippen molar-refractivity contribution < 1.29 is 9.90 Å². The van der Waals surface area contributed by atoms with E-state index in [0.29, 0.717) is 31.7 Å². The summed E-state index contributed by atoms with van der Waals surface area (Å²) in [6.07, 6.45) is 5.97. The number of aliphatic hydroxyl groups is 1. The summed E-state index contributed by atoms with van der Waals surface area (Å²) in [5.74, 6) is 0.273. The highest BCUT2D eigenvalue weighted by Crippen LogP contribution is 2.29. The molecule has 0 radical (unpaired) electrons. The lowest BCUT2D eigenvalue weighted by Gasteiger charge is -2.39. The van der Waals surface area contributed by atoms with E-state index in [1.54, 1.807) is 6.07 Å². The number of H-pyrrole nitrogens is 1. The smallest absolute Gasteiger partial charge is 0.240 e. The van der Waals surface area contributed by atoms with Gasteiger partial charge in [-0.2, -0.15) is 5.26 Å². The average molecular weight is 466 g/mol. The fourth-order valence-electron chi connectivity index (χ4n) is 4.52. The molecular weight excluding hydrogens is 434 g/mol. The van der Waals surface area contributed by atoms with E-state index in [1.807, 2.05) is 66.0 Å². The van der Waals surface area contributed by atoms with E-state index in [4.69, 9.17) is 0 Å². The number of likely N-dealkylation sites (tertiary alicyclic amines) is 1. The number of nitrogens with one attached hydrogen (secondary N) is 2. The number of carbonyl (C=O) groups excluding carboxylic acids is 1. The number of rotatable bonds is 8. The minimum Gasteiger partial charge on any atom is -0.390 e. The Kier molecular flexibility index (Phi) is 7.13. The van der Waals surface area contributed by atoms with Crippen molar-refractivity contribution in [2.75, 3.05) is 13.1 Å². The standard InChI is InChI=1S/C25H31N5O2S/c1-25(2,32)18-9-14-30(15-10-18)24(31)22(11-16-29-13-4-5-19(29)17-26)28-33-23-7-3-6-21-20(23)8-12-27-21/h3-8,12-13,18,22,27-28,32H,9-11,14-16H2,1-2H3. The summed E-state index contributed by atoms with van der Waals surface area (Å²) in [7, 11) is 0. The monoisotopic (exact) mass is 465 g/mol. The summed E-state index contributed by atoms with van der Waals surface area (Å²) in [5, 5.41) is 20.8. The van der Waals surface area contributed by atoms with Gasteiger partial charge < -0.3 is 19.6 Å². The van der Waals surface area contributed by atoms with E-state index in [2.05, 4.69) is 15.8 Å². The zero-order valence-electron chi connectivity index (χ0n) is 19.1. The second kappa shape index (κ2) is 10.0. The molecule has 1 aromatic carbocycles. The van der Waals surface area contributed by atoms with Crippen molar-refractivity contribution in [2.24, 2.45) is 5.92 Å². The second-order valence-electron chi connectivity index (χ2n) is 9.21. The molecule has 4 rings (SSSR count). The van der Waals surface area contributed by atoms with Gasteiger partial charge in [0.2, 0.25) is 5.91 Å². The van der Waals surface area contributed by atoms with E-state index >= 15 is 0 Å². The first-order valence-corrected chi connectivity index (χ1v) is 12.2. The quantitative estimate of drug-likeness (QED) is 0.438. The molecule has 0 saturated carbocycles. The van der Waals surface area contributed by atoms with Crippen LogP contribution in [-0.4, -0.2) is 50.2 Å². The largest absolute Gasteiger partial charge is 0.390 e. The van der Waals surface area contributed by atoms with E-state index in [9.17, 15) is 15.2 Å². The predicted molar refractivity (Wildman–Crippen MR) is 130 cm³/mol. The third kappa shape index (κ3) is 5.44. The van der Waals surface area contributed by atoms with Crippen molar-refractivity contribution in [3.63, 3.8) is 0 Å². The first kappa shape index (κ1) is 23.4. The molecule has 2 aromatic heterocycles. The highest BCUT2D eigenvalue weighted by atomic mass is 32.2. The number of hydrogen-bond donors (Lipinski definition) is 3. The normalized spacial score (nSPS) is 16.1. The van der Waals surface area contributed by atoms with Gasteiger partial charge in [-0.25, -0.2) is 4.72 Å². The molecule has 3 aromatic rings. The summed E-state index contributed by atoms with van der Waals surface area (Å²) in [5.41, 5.74) is 0.932. The zero-order chi connectivity index (χ0) is 23.4. The molecule has 0 spiro atoms.